The quantitative estimate of drug-likeness (QED) is 0.465. The summed E-state index contributed by atoms with van der Waals surface area (Å²) in [5, 5.41) is 0. The predicted octanol–water partition coefficient (Wildman–Crippen LogP) is 2.35. The van der Waals surface area contributed by atoms with Gasteiger partial charge in [-0.1, -0.05) is 0 Å². The normalized spacial score (nSPS) is 21.0. The molecule has 0 saturated carbocycles. The fourth-order valence-corrected chi connectivity index (χ4v) is 1.19. The number of rotatable bonds is 0. The summed E-state index contributed by atoms with van der Waals surface area (Å²) in [7, 11) is 0. The molecule has 46 valence electrons. The molecule has 0 amide bonds. The molecule has 1 rings (SSSR count). The van der Waals surface area contributed by atoms with Crippen molar-refractivity contribution < 1.29 is 4.18 Å². The van der Waals surface area contributed by atoms with Crippen LogP contribution in [-0.4, -0.2) is 5.75 Å². The van der Waals surface area contributed by atoms with Crippen LogP contribution in [0.15, 0.2) is 12.3 Å². The fourth-order valence-electron chi connectivity index (χ4n) is 0.618. The van der Waals surface area contributed by atoms with Crippen LogP contribution >= 0.6 is 12.0 Å². The lowest BCUT2D eigenvalue weighted by Crippen LogP contribution is -1.82. The Morgan fingerprint density at radius 1 is 1.38 bits per heavy atom. The first kappa shape index (κ1) is 6.02. The average molecular weight is 130 g/mol. The molecule has 0 unspecified atom stereocenters. The first-order chi connectivity index (χ1) is 4.00. The highest BCUT2D eigenvalue weighted by Gasteiger charge is 1.91. The van der Waals surface area contributed by atoms with E-state index in [1.165, 1.54) is 19.3 Å². The van der Waals surface area contributed by atoms with Gasteiger partial charge in [0, 0.05) is 5.75 Å². The second-order valence-corrected chi connectivity index (χ2v) is 2.62. The summed E-state index contributed by atoms with van der Waals surface area (Å²) in [6, 6.07) is 0. The Bertz CT molecular complexity index is 70.6. The van der Waals surface area contributed by atoms with Gasteiger partial charge in [0.25, 0.3) is 0 Å². The Kier molecular flexibility index (Phi) is 2.89. The molecule has 1 nitrogen and oxygen atoms in total. The summed E-state index contributed by atoms with van der Waals surface area (Å²) in [6.07, 6.45) is 7.64. The van der Waals surface area contributed by atoms with E-state index >= 15 is 0 Å². The molecule has 2 heteroatoms. The zero-order valence-corrected chi connectivity index (χ0v) is 5.62. The molecule has 0 spiro atoms. The highest BCUT2D eigenvalue weighted by molar-refractivity contribution is 7.94. The molecule has 0 aromatic carbocycles. The van der Waals surface area contributed by atoms with E-state index in [2.05, 4.69) is 6.08 Å². The maximum atomic E-state index is 5.01. The van der Waals surface area contributed by atoms with Crippen LogP contribution in [0.2, 0.25) is 0 Å². The van der Waals surface area contributed by atoms with Crippen molar-refractivity contribution in [2.24, 2.45) is 0 Å². The van der Waals surface area contributed by atoms with Crippen molar-refractivity contribution >= 4 is 12.0 Å². The molecule has 0 aromatic rings. The molecule has 0 N–H and O–H groups in total. The minimum atomic E-state index is 1.14. The topological polar surface area (TPSA) is 9.23 Å². The first-order valence-corrected chi connectivity index (χ1v) is 3.84. The summed E-state index contributed by atoms with van der Waals surface area (Å²) in [4.78, 5) is 0. The van der Waals surface area contributed by atoms with E-state index in [4.69, 9.17) is 4.18 Å². The van der Waals surface area contributed by atoms with Crippen LogP contribution in [0, 0.1) is 0 Å². The second-order valence-electron chi connectivity index (χ2n) is 1.79. The summed E-state index contributed by atoms with van der Waals surface area (Å²) >= 11 is 1.54. The van der Waals surface area contributed by atoms with Crippen LogP contribution in [0.5, 0.6) is 0 Å². The molecule has 0 aliphatic carbocycles. The average Bonchev–Trinajstić information content (AvgIpc) is 1.62. The maximum absolute atomic E-state index is 5.01. The van der Waals surface area contributed by atoms with Crippen LogP contribution < -0.4 is 0 Å². The summed E-state index contributed by atoms with van der Waals surface area (Å²) in [5.74, 6) is 1.14. The van der Waals surface area contributed by atoms with Gasteiger partial charge in [-0.05, 0) is 25.3 Å². The van der Waals surface area contributed by atoms with E-state index in [0.717, 1.165) is 5.75 Å². The van der Waals surface area contributed by atoms with Crippen molar-refractivity contribution in [2.45, 2.75) is 19.3 Å². The van der Waals surface area contributed by atoms with Gasteiger partial charge in [-0.25, -0.2) is 0 Å². The van der Waals surface area contributed by atoms with Gasteiger partial charge in [0.1, 0.15) is 0 Å². The molecule has 1 aliphatic rings. The van der Waals surface area contributed by atoms with Crippen molar-refractivity contribution in [3.8, 4) is 0 Å². The predicted molar refractivity (Wildman–Crippen MR) is 36.5 cm³/mol. The second kappa shape index (κ2) is 3.84. The van der Waals surface area contributed by atoms with Gasteiger partial charge in [0.2, 0.25) is 0 Å². The largest absolute Gasteiger partial charge is 0.434 e. The molecule has 0 fully saturated rings. The van der Waals surface area contributed by atoms with Crippen molar-refractivity contribution in [2.75, 3.05) is 5.75 Å². The summed E-state index contributed by atoms with van der Waals surface area (Å²) in [5.41, 5.74) is 0. The Morgan fingerprint density at radius 3 is 3.38 bits per heavy atom. The zero-order chi connectivity index (χ0) is 5.66. The van der Waals surface area contributed by atoms with Crippen LogP contribution in [0.1, 0.15) is 19.3 Å². The highest BCUT2D eigenvalue weighted by atomic mass is 32.2. The van der Waals surface area contributed by atoms with Crippen LogP contribution in [0.25, 0.3) is 0 Å². The molecule has 0 aromatic heterocycles. The Hall–Kier alpha value is -0.110. The molecule has 0 atom stereocenters. The lowest BCUT2D eigenvalue weighted by Gasteiger charge is -2.01. The SMILES string of the molecule is C1=COSCCCC1. The highest BCUT2D eigenvalue weighted by Crippen LogP contribution is 2.11. The zero-order valence-electron chi connectivity index (χ0n) is 4.80. The van der Waals surface area contributed by atoms with E-state index in [1.807, 2.05) is 0 Å². The Balaban J connectivity index is 2.17. The Morgan fingerprint density at radius 2 is 2.38 bits per heavy atom. The number of allylic oxidation sites excluding steroid dienone is 1. The summed E-state index contributed by atoms with van der Waals surface area (Å²) < 4.78 is 5.01. The van der Waals surface area contributed by atoms with Crippen molar-refractivity contribution in [3.05, 3.63) is 12.3 Å². The van der Waals surface area contributed by atoms with Crippen LogP contribution in [-0.2, 0) is 4.18 Å². The molecular weight excluding hydrogens is 120 g/mol. The molecule has 8 heavy (non-hydrogen) atoms. The van der Waals surface area contributed by atoms with E-state index in [1.54, 1.807) is 18.3 Å². The van der Waals surface area contributed by atoms with Gasteiger partial charge < -0.3 is 4.18 Å². The smallest absolute Gasteiger partial charge is 0.0970 e. The third-order valence-electron chi connectivity index (χ3n) is 1.07. The van der Waals surface area contributed by atoms with Gasteiger partial charge in [-0.2, -0.15) is 0 Å². The fraction of sp³-hybridized carbons (Fsp3) is 0.667. The van der Waals surface area contributed by atoms with E-state index in [9.17, 15) is 0 Å². The van der Waals surface area contributed by atoms with Gasteiger partial charge in [-0.3, -0.25) is 0 Å². The van der Waals surface area contributed by atoms with Gasteiger partial charge >= 0.3 is 0 Å². The van der Waals surface area contributed by atoms with Gasteiger partial charge in [0.15, 0.2) is 0 Å². The lowest BCUT2D eigenvalue weighted by molar-refractivity contribution is 0.552. The first-order valence-electron chi connectivity index (χ1n) is 2.93. The number of hydrogen-bond donors (Lipinski definition) is 0. The van der Waals surface area contributed by atoms with E-state index < -0.39 is 0 Å². The molecule has 1 heterocycles. The van der Waals surface area contributed by atoms with Crippen molar-refractivity contribution in [1.82, 2.24) is 0 Å². The third kappa shape index (κ3) is 2.26. The third-order valence-corrected chi connectivity index (χ3v) is 1.77. The van der Waals surface area contributed by atoms with Crippen molar-refractivity contribution in [1.29, 1.82) is 0 Å². The minimum absolute atomic E-state index is 1.14. The van der Waals surface area contributed by atoms with Crippen molar-refractivity contribution in [3.63, 3.8) is 0 Å². The van der Waals surface area contributed by atoms with Crippen LogP contribution in [0.4, 0.5) is 0 Å². The monoisotopic (exact) mass is 130 g/mol. The van der Waals surface area contributed by atoms with Gasteiger partial charge in [0.05, 0.1) is 18.3 Å². The standard InChI is InChI=1S/C6H10OS/c1-2-4-6-8-7-5-3-1/h3,5H,1-2,4,6H2. The molecule has 0 saturated heterocycles. The summed E-state index contributed by atoms with van der Waals surface area (Å²) in [6.45, 7) is 0. The maximum Gasteiger partial charge on any atom is 0.0970 e. The van der Waals surface area contributed by atoms with E-state index in [-0.39, 0.29) is 0 Å². The van der Waals surface area contributed by atoms with E-state index in [0.29, 0.717) is 0 Å². The molecule has 0 bridgehead atoms. The lowest BCUT2D eigenvalue weighted by atomic mass is 10.2. The van der Waals surface area contributed by atoms with Crippen LogP contribution in [0.3, 0.4) is 0 Å². The molecular formula is C6H10OS. The molecule has 0 radical (unpaired) electrons. The minimum Gasteiger partial charge on any atom is -0.434 e. The molecule has 1 aliphatic heterocycles. The van der Waals surface area contributed by atoms with Gasteiger partial charge in [-0.15, -0.1) is 0 Å². The number of hydrogen-bond acceptors (Lipinski definition) is 2. The Labute approximate surface area is 54.3 Å².